The molecule has 0 N–H and O–H groups in total. The number of alkyl halides is 3. The fourth-order valence-electron chi connectivity index (χ4n) is 3.83. The molecule has 0 atom stereocenters. The van der Waals surface area contributed by atoms with Crippen molar-refractivity contribution in [2.45, 2.75) is 6.18 Å². The lowest BCUT2D eigenvalue weighted by molar-refractivity contribution is -0.154. The number of methoxy groups -OCH3 is 1. The van der Waals surface area contributed by atoms with Crippen LogP contribution in [0.2, 0.25) is 0 Å². The van der Waals surface area contributed by atoms with Crippen molar-refractivity contribution in [1.82, 2.24) is 0 Å². The van der Waals surface area contributed by atoms with Crippen molar-refractivity contribution in [1.29, 1.82) is 0 Å². The van der Waals surface area contributed by atoms with Gasteiger partial charge in [-0.05, 0) is 53.2 Å². The van der Waals surface area contributed by atoms with Gasteiger partial charge in [-0.2, -0.15) is 13.2 Å². The van der Waals surface area contributed by atoms with Crippen LogP contribution in [0.1, 0.15) is 16.1 Å². The second-order valence-corrected chi connectivity index (χ2v) is 7.94. The molecule has 0 aliphatic rings. The molecule has 0 aliphatic carbocycles. The van der Waals surface area contributed by atoms with Crippen LogP contribution in [0.25, 0.3) is 21.7 Å². The summed E-state index contributed by atoms with van der Waals surface area (Å²) < 4.78 is 62.3. The van der Waals surface area contributed by atoms with Crippen LogP contribution in [-0.4, -0.2) is 13.1 Å². The number of ether oxygens (including phenoxy) is 3. The molecule has 1 heterocycles. The Labute approximate surface area is 207 Å². The summed E-state index contributed by atoms with van der Waals surface area (Å²) in [6.45, 7) is 0. The molecule has 6 nitrogen and oxygen atoms in total. The fourth-order valence-corrected chi connectivity index (χ4v) is 3.83. The summed E-state index contributed by atoms with van der Waals surface area (Å²) in [4.78, 5) is 25.8. The lowest BCUT2D eigenvalue weighted by Gasteiger charge is -2.14. The SMILES string of the molecule is COc1ccc(Oc2c(C(F)(F)F)oc3cc(OC(=O)c4cccc5ccccc45)ccc3c2=O)cc1. The molecule has 0 bridgehead atoms. The average molecular weight is 506 g/mol. The number of carbonyl (C=O) groups excluding carboxylic acids is 1. The van der Waals surface area contributed by atoms with E-state index in [9.17, 15) is 22.8 Å². The number of fused-ring (bicyclic) bond motifs is 2. The van der Waals surface area contributed by atoms with Crippen LogP contribution in [0.15, 0.2) is 94.1 Å². The second kappa shape index (κ2) is 9.34. The average Bonchev–Trinajstić information content (AvgIpc) is 2.89. The third-order valence-electron chi connectivity index (χ3n) is 5.58. The van der Waals surface area contributed by atoms with E-state index in [1.807, 2.05) is 18.2 Å². The molecule has 1 aromatic heterocycles. The predicted molar refractivity (Wildman–Crippen MR) is 129 cm³/mol. The van der Waals surface area contributed by atoms with E-state index >= 15 is 0 Å². The second-order valence-electron chi connectivity index (χ2n) is 7.94. The first-order chi connectivity index (χ1) is 17.7. The van der Waals surface area contributed by atoms with Crippen molar-refractivity contribution >= 4 is 27.7 Å². The highest BCUT2D eigenvalue weighted by Crippen LogP contribution is 2.39. The van der Waals surface area contributed by atoms with Crippen molar-refractivity contribution in [3.63, 3.8) is 0 Å². The molecule has 4 aromatic carbocycles. The maximum atomic E-state index is 13.8. The highest BCUT2D eigenvalue weighted by molar-refractivity contribution is 6.05. The smallest absolute Gasteiger partial charge is 0.453 e. The molecule has 9 heteroatoms. The summed E-state index contributed by atoms with van der Waals surface area (Å²) in [5.74, 6) is -2.98. The Hall–Kier alpha value is -4.79. The topological polar surface area (TPSA) is 75.0 Å². The Morgan fingerprint density at radius 2 is 1.49 bits per heavy atom. The lowest BCUT2D eigenvalue weighted by Crippen LogP contribution is -2.15. The highest BCUT2D eigenvalue weighted by Gasteiger charge is 2.40. The van der Waals surface area contributed by atoms with Crippen molar-refractivity contribution in [2.75, 3.05) is 7.11 Å². The van der Waals surface area contributed by atoms with E-state index in [2.05, 4.69) is 0 Å². The highest BCUT2D eigenvalue weighted by atomic mass is 19.4. The molecule has 186 valence electrons. The molecule has 5 aromatic rings. The van der Waals surface area contributed by atoms with Crippen molar-refractivity contribution < 1.29 is 36.6 Å². The van der Waals surface area contributed by atoms with Gasteiger partial charge in [0.25, 0.3) is 5.76 Å². The van der Waals surface area contributed by atoms with Crippen molar-refractivity contribution in [2.24, 2.45) is 0 Å². The molecule has 0 amide bonds. The Balaban J connectivity index is 1.53. The Kier molecular flexibility index (Phi) is 6.04. The van der Waals surface area contributed by atoms with Crippen LogP contribution < -0.4 is 19.6 Å². The summed E-state index contributed by atoms with van der Waals surface area (Å²) in [7, 11) is 1.43. The van der Waals surface area contributed by atoms with Crippen LogP contribution in [0, 0.1) is 0 Å². The Morgan fingerprint density at radius 3 is 2.22 bits per heavy atom. The van der Waals surface area contributed by atoms with Gasteiger partial charge in [-0.15, -0.1) is 0 Å². The molecule has 0 fully saturated rings. The van der Waals surface area contributed by atoms with E-state index in [1.54, 1.807) is 24.3 Å². The molecule has 0 saturated carbocycles. The number of esters is 1. The molecule has 0 unspecified atom stereocenters. The van der Waals surface area contributed by atoms with Gasteiger partial charge in [-0.3, -0.25) is 4.79 Å². The molecule has 0 saturated heterocycles. The molecular weight excluding hydrogens is 489 g/mol. The minimum Gasteiger partial charge on any atom is -0.497 e. The van der Waals surface area contributed by atoms with Gasteiger partial charge in [-0.1, -0.05) is 36.4 Å². The molecular formula is C28H17F3O6. The normalized spacial score (nSPS) is 11.5. The Bertz CT molecular complexity index is 1680. The third kappa shape index (κ3) is 4.71. The van der Waals surface area contributed by atoms with Gasteiger partial charge in [0, 0.05) is 6.07 Å². The number of benzene rings is 4. The monoisotopic (exact) mass is 506 g/mol. The van der Waals surface area contributed by atoms with Crippen molar-refractivity contribution in [3.8, 4) is 23.0 Å². The van der Waals surface area contributed by atoms with Crippen LogP contribution >= 0.6 is 0 Å². The van der Waals surface area contributed by atoms with Crippen LogP contribution in [0.3, 0.4) is 0 Å². The zero-order chi connectivity index (χ0) is 26.2. The summed E-state index contributed by atoms with van der Waals surface area (Å²) in [6.07, 6.45) is -5.04. The zero-order valence-corrected chi connectivity index (χ0v) is 19.2. The van der Waals surface area contributed by atoms with E-state index < -0.39 is 34.7 Å². The maximum Gasteiger partial charge on any atom is 0.453 e. The molecule has 0 radical (unpaired) electrons. The van der Waals surface area contributed by atoms with Crippen molar-refractivity contribution in [3.05, 3.63) is 106 Å². The maximum absolute atomic E-state index is 13.8. The van der Waals surface area contributed by atoms with Crippen LogP contribution in [0.5, 0.6) is 23.0 Å². The number of halogens is 3. The van der Waals surface area contributed by atoms with Gasteiger partial charge in [0.2, 0.25) is 11.2 Å². The minimum atomic E-state index is -5.04. The van der Waals surface area contributed by atoms with E-state index in [0.717, 1.165) is 11.5 Å². The largest absolute Gasteiger partial charge is 0.497 e. The first kappa shape index (κ1) is 23.9. The summed E-state index contributed by atoms with van der Waals surface area (Å²) in [5.41, 5.74) is -1.17. The lowest BCUT2D eigenvalue weighted by atomic mass is 10.0. The first-order valence-electron chi connectivity index (χ1n) is 10.9. The molecule has 5 rings (SSSR count). The number of carbonyl (C=O) groups is 1. The number of rotatable bonds is 5. The quantitative estimate of drug-likeness (QED) is 0.189. The van der Waals surface area contributed by atoms with E-state index in [0.29, 0.717) is 11.1 Å². The van der Waals surface area contributed by atoms with Gasteiger partial charge in [0.15, 0.2) is 0 Å². The van der Waals surface area contributed by atoms with E-state index in [-0.39, 0.29) is 22.4 Å². The molecule has 37 heavy (non-hydrogen) atoms. The van der Waals surface area contributed by atoms with Crippen LogP contribution in [-0.2, 0) is 6.18 Å². The minimum absolute atomic E-state index is 0.0152. The number of hydrogen-bond donors (Lipinski definition) is 0. The van der Waals surface area contributed by atoms with Gasteiger partial charge in [0.1, 0.15) is 22.8 Å². The van der Waals surface area contributed by atoms with Gasteiger partial charge >= 0.3 is 12.1 Å². The number of hydrogen-bond acceptors (Lipinski definition) is 6. The third-order valence-corrected chi connectivity index (χ3v) is 5.58. The standard InChI is InChI=1S/C28H17F3O6/c1-34-17-9-11-18(12-10-17)35-25-24(32)22-14-13-19(15-23(22)37-26(25)28(29,30)31)36-27(33)21-8-4-6-16-5-2-3-7-20(16)21/h2-15H,1H3. The molecule has 0 aliphatic heterocycles. The predicted octanol–water partition coefficient (Wildman–Crippen LogP) is 6.99. The van der Waals surface area contributed by atoms with E-state index in [4.69, 9.17) is 18.6 Å². The summed E-state index contributed by atoms with van der Waals surface area (Å²) in [5, 5.41) is 1.30. The van der Waals surface area contributed by atoms with Crippen LogP contribution in [0.4, 0.5) is 13.2 Å². The zero-order valence-electron chi connectivity index (χ0n) is 19.2. The summed E-state index contributed by atoms with van der Waals surface area (Å²) >= 11 is 0. The van der Waals surface area contributed by atoms with E-state index in [1.165, 1.54) is 43.5 Å². The fraction of sp³-hybridized carbons (Fsp3) is 0.0714. The molecule has 0 spiro atoms. The summed E-state index contributed by atoms with van der Waals surface area (Å²) in [6, 6.07) is 21.5. The van der Waals surface area contributed by atoms with Gasteiger partial charge in [0.05, 0.1) is 18.1 Å². The first-order valence-corrected chi connectivity index (χ1v) is 10.9. The van der Waals surface area contributed by atoms with Gasteiger partial charge in [-0.25, -0.2) is 4.79 Å². The van der Waals surface area contributed by atoms with Gasteiger partial charge < -0.3 is 18.6 Å². The Morgan fingerprint density at radius 1 is 0.811 bits per heavy atom.